The Hall–Kier alpha value is -2.07. The molecule has 0 heterocycles. The fourth-order valence-corrected chi connectivity index (χ4v) is 2.49. The monoisotopic (exact) mass is 597 g/mol. The van der Waals surface area contributed by atoms with E-state index in [2.05, 4.69) is 9.88 Å². The minimum atomic E-state index is -8.86. The number of halogens is 17. The summed E-state index contributed by atoms with van der Waals surface area (Å²) < 4.78 is 249. The standard InChI is InChI=1S/C13H8F17NO4S/c1-2-35-5(32)4(36(31,33)34)3-6(14,15)7(16,17)8(18,19)9(20,21)10(22,23)11(24,25)12(26,27)13(28,29)30/h3H,2H2,1H3,(H2,31,33,34). The van der Waals surface area contributed by atoms with Crippen molar-refractivity contribution in [3.8, 4) is 0 Å². The van der Waals surface area contributed by atoms with Crippen molar-refractivity contribution in [1.82, 2.24) is 0 Å². The van der Waals surface area contributed by atoms with Crippen LogP contribution in [0.25, 0.3) is 0 Å². The van der Waals surface area contributed by atoms with Gasteiger partial charge in [0.15, 0.2) is 4.91 Å². The Balaban J connectivity index is 7.13. The molecule has 36 heavy (non-hydrogen) atoms. The third-order valence-electron chi connectivity index (χ3n) is 3.84. The highest BCUT2D eigenvalue weighted by atomic mass is 32.2. The van der Waals surface area contributed by atoms with E-state index in [1.54, 1.807) is 0 Å². The minimum Gasteiger partial charge on any atom is -0.462 e. The number of hydrogen-bond donors (Lipinski definition) is 1. The number of hydrogen-bond acceptors (Lipinski definition) is 4. The van der Waals surface area contributed by atoms with E-state index in [1.807, 2.05) is 0 Å². The molecule has 0 aliphatic carbocycles. The van der Waals surface area contributed by atoms with Crippen LogP contribution in [0.1, 0.15) is 6.92 Å². The van der Waals surface area contributed by atoms with Crippen LogP contribution in [0.5, 0.6) is 0 Å². The molecule has 0 spiro atoms. The number of ether oxygens (including phenoxy) is 1. The highest BCUT2D eigenvalue weighted by Gasteiger charge is 2.95. The Kier molecular flexibility index (Phi) is 8.52. The van der Waals surface area contributed by atoms with Crippen LogP contribution < -0.4 is 5.14 Å². The SMILES string of the molecule is CCOC(=O)C(=CC(F)(F)C(F)(F)C(F)(F)C(F)(F)C(F)(F)C(F)(F)C(F)(F)C(F)(F)F)S(N)(=O)=O. The van der Waals surface area contributed by atoms with Gasteiger partial charge < -0.3 is 4.74 Å². The van der Waals surface area contributed by atoms with Crippen molar-refractivity contribution in [2.24, 2.45) is 5.14 Å². The van der Waals surface area contributed by atoms with E-state index in [0.29, 0.717) is 0 Å². The summed E-state index contributed by atoms with van der Waals surface area (Å²) in [5.74, 6) is -61.5. The first-order valence-corrected chi connectivity index (χ1v) is 9.51. The molecule has 0 saturated heterocycles. The fraction of sp³-hybridized carbons (Fsp3) is 0.769. The van der Waals surface area contributed by atoms with E-state index in [-0.39, 0.29) is 0 Å². The maximum atomic E-state index is 13.8. The molecule has 0 aliphatic rings. The Morgan fingerprint density at radius 2 is 0.972 bits per heavy atom. The molecular weight excluding hydrogens is 589 g/mol. The van der Waals surface area contributed by atoms with Gasteiger partial charge in [0.25, 0.3) is 0 Å². The Morgan fingerprint density at radius 1 is 0.667 bits per heavy atom. The van der Waals surface area contributed by atoms with Gasteiger partial charge >= 0.3 is 53.6 Å². The molecule has 0 aromatic carbocycles. The largest absolute Gasteiger partial charge is 0.462 e. The molecule has 0 radical (unpaired) electrons. The summed E-state index contributed by atoms with van der Waals surface area (Å²) in [6.45, 7) is -0.185. The molecule has 0 amide bonds. The molecule has 0 unspecified atom stereocenters. The summed E-state index contributed by atoms with van der Waals surface area (Å²) in [5.41, 5.74) is 0. The van der Waals surface area contributed by atoms with Gasteiger partial charge in [0.1, 0.15) is 0 Å². The number of carbonyl (C=O) groups excluding carboxylic acids is 1. The van der Waals surface area contributed by atoms with Gasteiger partial charge in [-0.05, 0) is 6.92 Å². The van der Waals surface area contributed by atoms with Crippen molar-refractivity contribution < 1.29 is 92.6 Å². The lowest BCUT2D eigenvalue weighted by molar-refractivity contribution is -0.459. The van der Waals surface area contributed by atoms with E-state index >= 15 is 0 Å². The molecule has 0 fully saturated rings. The second-order valence-electron chi connectivity index (χ2n) is 6.34. The van der Waals surface area contributed by atoms with Crippen molar-refractivity contribution in [1.29, 1.82) is 0 Å². The molecular formula is C13H8F17NO4S. The number of carbonyl (C=O) groups is 1. The highest BCUT2D eigenvalue weighted by Crippen LogP contribution is 2.64. The van der Waals surface area contributed by atoms with Crippen LogP contribution in [-0.4, -0.2) is 68.6 Å². The van der Waals surface area contributed by atoms with Gasteiger partial charge in [0.05, 0.1) is 6.61 Å². The second kappa shape index (κ2) is 9.04. The molecule has 0 rings (SSSR count). The van der Waals surface area contributed by atoms with Gasteiger partial charge in [-0.2, -0.15) is 74.6 Å². The van der Waals surface area contributed by atoms with Crippen molar-refractivity contribution in [2.75, 3.05) is 6.61 Å². The summed E-state index contributed by atoms with van der Waals surface area (Å²) in [7, 11) is -6.00. The molecule has 5 nitrogen and oxygen atoms in total. The molecule has 0 saturated carbocycles. The van der Waals surface area contributed by atoms with Crippen LogP contribution in [0.2, 0.25) is 0 Å². The number of alkyl halides is 17. The second-order valence-corrected chi connectivity index (χ2v) is 7.87. The van der Waals surface area contributed by atoms with Crippen LogP contribution in [0.3, 0.4) is 0 Å². The Morgan fingerprint density at radius 3 is 1.25 bits per heavy atom. The number of nitrogens with two attached hydrogens (primary N) is 1. The van der Waals surface area contributed by atoms with Crippen LogP contribution in [0.15, 0.2) is 11.0 Å². The van der Waals surface area contributed by atoms with Crippen LogP contribution in [0.4, 0.5) is 74.6 Å². The van der Waals surface area contributed by atoms with E-state index in [1.165, 1.54) is 0 Å². The predicted molar refractivity (Wildman–Crippen MR) is 78.5 cm³/mol. The van der Waals surface area contributed by atoms with Crippen molar-refractivity contribution in [2.45, 2.75) is 54.6 Å². The summed E-state index contributed by atoms with van der Waals surface area (Å²) in [4.78, 5) is 8.37. The molecule has 23 heteroatoms. The number of esters is 1. The maximum Gasteiger partial charge on any atom is 0.460 e. The molecule has 2 N–H and O–H groups in total. The predicted octanol–water partition coefficient (Wildman–Crippen LogP) is 4.73. The molecule has 0 aromatic rings. The minimum absolute atomic E-state index is 0.791. The average Bonchev–Trinajstić information content (AvgIpc) is 2.63. The lowest BCUT2D eigenvalue weighted by atomic mass is 9.89. The van der Waals surface area contributed by atoms with Crippen LogP contribution in [0, 0.1) is 0 Å². The first kappa shape index (κ1) is 33.9. The average molecular weight is 597 g/mol. The zero-order valence-corrected chi connectivity index (χ0v) is 17.1. The van der Waals surface area contributed by atoms with E-state index < -0.39 is 81.2 Å². The molecule has 0 aromatic heterocycles. The maximum absolute atomic E-state index is 13.8. The van der Waals surface area contributed by atoms with Gasteiger partial charge in [0, 0.05) is 6.08 Å². The van der Waals surface area contributed by atoms with Crippen LogP contribution >= 0.6 is 0 Å². The summed E-state index contributed by atoms with van der Waals surface area (Å²) in [5, 5.41) is 4.15. The topological polar surface area (TPSA) is 86.5 Å². The lowest BCUT2D eigenvalue weighted by Gasteiger charge is -2.42. The third kappa shape index (κ3) is 4.90. The molecule has 214 valence electrons. The van der Waals surface area contributed by atoms with Gasteiger partial charge in [-0.1, -0.05) is 0 Å². The number of primary sulfonamides is 1. The van der Waals surface area contributed by atoms with Gasteiger partial charge in [-0.25, -0.2) is 18.4 Å². The first-order valence-electron chi connectivity index (χ1n) is 7.97. The molecule has 0 aliphatic heterocycles. The van der Waals surface area contributed by atoms with Crippen molar-refractivity contribution >= 4 is 16.0 Å². The van der Waals surface area contributed by atoms with E-state index in [9.17, 15) is 87.8 Å². The normalized spacial score (nSPS) is 16.2. The summed E-state index contributed by atoms with van der Waals surface area (Å²) >= 11 is 0. The number of sulfonamides is 1. The van der Waals surface area contributed by atoms with Crippen molar-refractivity contribution in [3.05, 3.63) is 11.0 Å². The lowest BCUT2D eigenvalue weighted by Crippen LogP contribution is -2.74. The van der Waals surface area contributed by atoms with E-state index in [4.69, 9.17) is 0 Å². The van der Waals surface area contributed by atoms with Gasteiger partial charge in [-0.3, -0.25) is 0 Å². The summed E-state index contributed by atoms with van der Waals surface area (Å²) in [6.07, 6.45) is -10.0. The van der Waals surface area contributed by atoms with Gasteiger partial charge in [0.2, 0.25) is 10.0 Å². The third-order valence-corrected chi connectivity index (χ3v) is 4.74. The Labute approximate surface area is 187 Å². The van der Waals surface area contributed by atoms with E-state index in [0.717, 1.165) is 6.92 Å². The van der Waals surface area contributed by atoms with Crippen LogP contribution in [-0.2, 0) is 19.6 Å². The number of rotatable bonds is 10. The Bertz CT molecular complexity index is 983. The zero-order valence-electron chi connectivity index (χ0n) is 16.3. The first-order chi connectivity index (χ1) is 15.3. The molecule has 0 atom stereocenters. The van der Waals surface area contributed by atoms with Gasteiger partial charge in [-0.15, -0.1) is 0 Å². The molecule has 0 bridgehead atoms. The van der Waals surface area contributed by atoms with Crippen molar-refractivity contribution in [3.63, 3.8) is 0 Å². The summed E-state index contributed by atoms with van der Waals surface area (Å²) in [6, 6.07) is 0. The zero-order chi connectivity index (χ0) is 29.8. The quantitative estimate of drug-likeness (QED) is 0.224. The fourth-order valence-electron chi connectivity index (χ4n) is 1.89. The smallest absolute Gasteiger partial charge is 0.460 e. The number of allylic oxidation sites excluding steroid dienone is 1. The highest BCUT2D eigenvalue weighted by molar-refractivity contribution is 7.94.